The predicted octanol–water partition coefficient (Wildman–Crippen LogP) is 2.92. The van der Waals surface area contributed by atoms with Gasteiger partial charge in [0.05, 0.1) is 5.39 Å². The summed E-state index contributed by atoms with van der Waals surface area (Å²) in [5.41, 5.74) is 1.45. The maximum absolute atomic E-state index is 2.31. The van der Waals surface area contributed by atoms with Gasteiger partial charge in [-0.05, 0) is 30.0 Å². The lowest BCUT2D eigenvalue weighted by molar-refractivity contribution is -0.599. The molecule has 0 radical (unpaired) electrons. The molecular weight excluding hydrogens is 190 g/mol. The minimum absolute atomic E-state index is 0.736. The molecule has 1 aromatic carbocycles. The minimum Gasteiger partial charge on any atom is -0.143 e. The van der Waals surface area contributed by atoms with Gasteiger partial charge in [-0.2, -0.15) is 0 Å². The van der Waals surface area contributed by atoms with E-state index in [-0.39, 0.29) is 0 Å². The fourth-order valence-corrected chi connectivity index (χ4v) is 2.58. The Morgan fingerprint density at radius 3 is 2.86 bits per heavy atom. The van der Waals surface area contributed by atoms with Crippen LogP contribution in [-0.4, -0.2) is 0 Å². The second-order valence-corrected chi connectivity index (χ2v) is 5.44. The van der Waals surface area contributed by atoms with Gasteiger partial charge >= 0.3 is 0 Å². The third kappa shape index (κ3) is 1.95. The van der Waals surface area contributed by atoms with Crippen LogP contribution in [-0.2, 0) is 13.5 Å². The molecule has 2 rings (SSSR count). The molecule has 0 saturated heterocycles. The Labute approximate surface area is 89.1 Å². The summed E-state index contributed by atoms with van der Waals surface area (Å²) in [7, 11) is 2.09. The van der Waals surface area contributed by atoms with Crippen molar-refractivity contribution in [1.29, 1.82) is 0 Å². The van der Waals surface area contributed by atoms with E-state index in [0.29, 0.717) is 0 Å². The van der Waals surface area contributed by atoms with Gasteiger partial charge < -0.3 is 0 Å². The molecule has 0 spiro atoms. The highest BCUT2D eigenvalue weighted by Gasteiger charge is 2.06. The molecule has 2 heteroatoms. The molecule has 0 aliphatic heterocycles. The summed E-state index contributed by atoms with van der Waals surface area (Å²) < 4.78 is 3.53. The highest BCUT2D eigenvalue weighted by molar-refractivity contribution is 7.09. The monoisotopic (exact) mass is 206 g/mol. The van der Waals surface area contributed by atoms with E-state index in [2.05, 4.69) is 49.2 Å². The standard InChI is InChI=1S/C12H16NS/c1-9(2)6-10-4-5-12-11(7-10)8-13(3)14-12/h4-5,7-9H,6H2,1-3H3/q+1. The van der Waals surface area contributed by atoms with E-state index < -0.39 is 0 Å². The van der Waals surface area contributed by atoms with Crippen molar-refractivity contribution in [1.82, 2.24) is 0 Å². The first-order chi connectivity index (χ1) is 6.65. The first kappa shape index (κ1) is 9.66. The lowest BCUT2D eigenvalue weighted by Crippen LogP contribution is -2.18. The molecule has 1 nitrogen and oxygen atoms in total. The smallest absolute Gasteiger partial charge is 0.143 e. The Kier molecular flexibility index (Phi) is 2.55. The number of rotatable bonds is 2. The molecular formula is C12H16NS+. The van der Waals surface area contributed by atoms with Crippen LogP contribution < -0.4 is 3.96 Å². The lowest BCUT2D eigenvalue weighted by atomic mass is 10.0. The zero-order chi connectivity index (χ0) is 10.1. The van der Waals surface area contributed by atoms with Crippen molar-refractivity contribution in [3.8, 4) is 0 Å². The number of hydrogen-bond acceptors (Lipinski definition) is 1. The first-order valence-corrected chi connectivity index (χ1v) is 5.81. The van der Waals surface area contributed by atoms with Crippen LogP contribution in [0.1, 0.15) is 19.4 Å². The van der Waals surface area contributed by atoms with Crippen molar-refractivity contribution in [3.05, 3.63) is 30.0 Å². The number of hydrogen-bond donors (Lipinski definition) is 0. The van der Waals surface area contributed by atoms with Crippen LogP contribution in [0.15, 0.2) is 24.4 Å². The number of aromatic nitrogens is 1. The van der Waals surface area contributed by atoms with Gasteiger partial charge in [0, 0.05) is 0 Å². The van der Waals surface area contributed by atoms with Gasteiger partial charge in [-0.3, -0.25) is 0 Å². The highest BCUT2D eigenvalue weighted by Crippen LogP contribution is 2.19. The molecule has 0 N–H and O–H groups in total. The molecule has 0 saturated carbocycles. The van der Waals surface area contributed by atoms with Crippen molar-refractivity contribution in [3.63, 3.8) is 0 Å². The molecule has 0 unspecified atom stereocenters. The van der Waals surface area contributed by atoms with Crippen molar-refractivity contribution in [2.75, 3.05) is 0 Å². The Balaban J connectivity index is 2.40. The zero-order valence-corrected chi connectivity index (χ0v) is 9.77. The van der Waals surface area contributed by atoms with Crippen LogP contribution in [0.4, 0.5) is 0 Å². The van der Waals surface area contributed by atoms with Gasteiger partial charge in [0.25, 0.3) is 0 Å². The second-order valence-electron chi connectivity index (χ2n) is 4.24. The van der Waals surface area contributed by atoms with Crippen LogP contribution in [0.5, 0.6) is 0 Å². The van der Waals surface area contributed by atoms with E-state index in [9.17, 15) is 0 Å². The molecule has 2 aromatic rings. The summed E-state index contributed by atoms with van der Waals surface area (Å²) in [5.74, 6) is 0.736. The third-order valence-electron chi connectivity index (χ3n) is 2.28. The van der Waals surface area contributed by atoms with Crippen LogP contribution >= 0.6 is 11.5 Å². The SMILES string of the molecule is CC(C)Cc1ccc2s[n+](C)cc2c1. The topological polar surface area (TPSA) is 3.88 Å². The van der Waals surface area contributed by atoms with Crippen LogP contribution in [0.2, 0.25) is 0 Å². The number of fused-ring (bicyclic) bond motifs is 1. The largest absolute Gasteiger partial charge is 0.191 e. The van der Waals surface area contributed by atoms with Gasteiger partial charge in [-0.25, -0.2) is 0 Å². The molecule has 1 heterocycles. The summed E-state index contributed by atoms with van der Waals surface area (Å²) in [6.07, 6.45) is 3.37. The molecule has 14 heavy (non-hydrogen) atoms. The Morgan fingerprint density at radius 2 is 2.14 bits per heavy atom. The number of nitrogens with zero attached hydrogens (tertiary/aromatic N) is 1. The summed E-state index contributed by atoms with van der Waals surface area (Å²) in [4.78, 5) is 0. The van der Waals surface area contributed by atoms with Gasteiger partial charge in [-0.1, -0.05) is 19.9 Å². The fourth-order valence-electron chi connectivity index (χ4n) is 1.76. The third-order valence-corrected chi connectivity index (χ3v) is 3.24. The average molecular weight is 206 g/mol. The second kappa shape index (κ2) is 3.70. The van der Waals surface area contributed by atoms with Crippen molar-refractivity contribution in [2.24, 2.45) is 13.0 Å². The molecule has 1 aromatic heterocycles. The highest BCUT2D eigenvalue weighted by atomic mass is 32.1. The van der Waals surface area contributed by atoms with E-state index in [1.165, 1.54) is 22.1 Å². The molecule has 0 bridgehead atoms. The zero-order valence-electron chi connectivity index (χ0n) is 8.95. The van der Waals surface area contributed by atoms with Crippen LogP contribution in [0.25, 0.3) is 10.1 Å². The van der Waals surface area contributed by atoms with Crippen molar-refractivity contribution in [2.45, 2.75) is 20.3 Å². The van der Waals surface area contributed by atoms with Crippen molar-refractivity contribution < 1.29 is 3.96 Å². The quantitative estimate of drug-likeness (QED) is 0.665. The van der Waals surface area contributed by atoms with Crippen LogP contribution in [0.3, 0.4) is 0 Å². The minimum atomic E-state index is 0.736. The average Bonchev–Trinajstić information content (AvgIpc) is 2.42. The van der Waals surface area contributed by atoms with E-state index in [0.717, 1.165) is 5.92 Å². The lowest BCUT2D eigenvalue weighted by Gasteiger charge is -2.03. The number of aryl methyl sites for hydroxylation is 1. The Hall–Kier alpha value is -0.890. The molecule has 0 aliphatic rings. The molecule has 0 atom stereocenters. The normalized spacial score (nSPS) is 11.4. The summed E-state index contributed by atoms with van der Waals surface area (Å²) in [5, 5.41) is 1.37. The van der Waals surface area contributed by atoms with E-state index >= 15 is 0 Å². The van der Waals surface area contributed by atoms with E-state index in [4.69, 9.17) is 0 Å². The first-order valence-electron chi connectivity index (χ1n) is 5.04. The van der Waals surface area contributed by atoms with E-state index in [1.54, 1.807) is 11.5 Å². The fraction of sp³-hybridized carbons (Fsp3) is 0.417. The van der Waals surface area contributed by atoms with Gasteiger partial charge in [0.15, 0.2) is 13.2 Å². The Morgan fingerprint density at radius 1 is 1.36 bits per heavy atom. The number of benzene rings is 1. The molecule has 0 aliphatic carbocycles. The molecule has 74 valence electrons. The van der Waals surface area contributed by atoms with Gasteiger partial charge in [0.2, 0.25) is 0 Å². The van der Waals surface area contributed by atoms with Gasteiger partial charge in [0.1, 0.15) is 16.2 Å². The van der Waals surface area contributed by atoms with Gasteiger partial charge in [-0.15, -0.1) is 3.96 Å². The molecule has 0 fully saturated rings. The van der Waals surface area contributed by atoms with Crippen LogP contribution in [0, 0.1) is 5.92 Å². The molecule has 0 amide bonds. The van der Waals surface area contributed by atoms with Crippen molar-refractivity contribution >= 4 is 21.6 Å². The van der Waals surface area contributed by atoms with E-state index in [1.807, 2.05) is 0 Å². The summed E-state index contributed by atoms with van der Waals surface area (Å²) in [6.45, 7) is 4.52. The maximum atomic E-state index is 2.31. The summed E-state index contributed by atoms with van der Waals surface area (Å²) in [6, 6.07) is 6.79. The Bertz CT molecular complexity index is 443. The predicted molar refractivity (Wildman–Crippen MR) is 61.5 cm³/mol. The summed E-state index contributed by atoms with van der Waals surface area (Å²) >= 11 is 1.80. The maximum Gasteiger partial charge on any atom is 0.191 e.